The van der Waals surface area contributed by atoms with Crippen molar-refractivity contribution < 1.29 is 14.7 Å². The maximum absolute atomic E-state index is 12.5. The molecule has 1 saturated heterocycles. The summed E-state index contributed by atoms with van der Waals surface area (Å²) in [7, 11) is 0. The number of carbonyl (C=O) groups is 2. The van der Waals surface area contributed by atoms with Crippen LogP contribution in [0.5, 0.6) is 0 Å². The van der Waals surface area contributed by atoms with Gasteiger partial charge in [0, 0.05) is 11.9 Å². The zero-order valence-electron chi connectivity index (χ0n) is 12.2. The number of carboxylic acid groups (broad SMARTS) is 1. The Morgan fingerprint density at radius 1 is 1.48 bits per heavy atom. The molecule has 0 radical (unpaired) electrons. The average molecular weight is 309 g/mol. The number of carbonyl (C=O) groups excluding carboxylic acids is 1. The van der Waals surface area contributed by atoms with Gasteiger partial charge in [0.15, 0.2) is 0 Å². The highest BCUT2D eigenvalue weighted by atomic mass is 32.2. The van der Waals surface area contributed by atoms with Crippen LogP contribution in [0.2, 0.25) is 0 Å². The van der Waals surface area contributed by atoms with E-state index in [0.717, 1.165) is 5.56 Å². The number of anilines is 1. The Bertz CT molecular complexity index is 550. The molecule has 2 atom stereocenters. The molecular formula is C14H19N3O3S. The highest BCUT2D eigenvalue weighted by Crippen LogP contribution is 2.34. The lowest BCUT2D eigenvalue weighted by atomic mass is 10.1. The first-order valence-electron chi connectivity index (χ1n) is 6.75. The Hall–Kier alpha value is -1.76. The van der Waals surface area contributed by atoms with Crippen LogP contribution in [-0.4, -0.2) is 44.2 Å². The number of carboxylic acids is 1. The fourth-order valence-electron chi connectivity index (χ4n) is 2.30. The van der Waals surface area contributed by atoms with Crippen molar-refractivity contribution in [2.75, 3.05) is 11.1 Å². The van der Waals surface area contributed by atoms with E-state index < -0.39 is 18.0 Å². The Morgan fingerprint density at radius 3 is 2.76 bits per heavy atom. The summed E-state index contributed by atoms with van der Waals surface area (Å²) < 4.78 is 0. The second-order valence-electron chi connectivity index (χ2n) is 5.41. The van der Waals surface area contributed by atoms with Gasteiger partial charge in [0.1, 0.15) is 6.04 Å². The topological polar surface area (TPSA) is 82.5 Å². The van der Waals surface area contributed by atoms with Gasteiger partial charge in [-0.15, -0.1) is 11.8 Å². The van der Waals surface area contributed by atoms with Crippen LogP contribution in [0.1, 0.15) is 19.4 Å². The average Bonchev–Trinajstić information content (AvgIpc) is 2.83. The van der Waals surface area contributed by atoms with Gasteiger partial charge < -0.3 is 10.4 Å². The van der Waals surface area contributed by atoms with Crippen LogP contribution in [0.3, 0.4) is 0 Å². The molecule has 0 aliphatic carbocycles. The van der Waals surface area contributed by atoms with Crippen LogP contribution < -0.4 is 5.32 Å². The van der Waals surface area contributed by atoms with Crippen molar-refractivity contribution in [3.63, 3.8) is 0 Å². The van der Waals surface area contributed by atoms with E-state index in [-0.39, 0.29) is 11.3 Å². The summed E-state index contributed by atoms with van der Waals surface area (Å²) in [5.41, 5.74) is 1.50. The summed E-state index contributed by atoms with van der Waals surface area (Å²) in [5, 5.41) is 11.9. The molecule has 0 saturated carbocycles. The van der Waals surface area contributed by atoms with Crippen molar-refractivity contribution in [3.05, 3.63) is 24.0 Å². The minimum Gasteiger partial charge on any atom is -0.480 e. The third kappa shape index (κ3) is 3.47. The minimum absolute atomic E-state index is 0.135. The van der Waals surface area contributed by atoms with Crippen molar-refractivity contribution in [1.82, 2.24) is 9.88 Å². The molecule has 1 aliphatic heterocycles. The van der Waals surface area contributed by atoms with Gasteiger partial charge in [-0.2, -0.15) is 0 Å². The van der Waals surface area contributed by atoms with Gasteiger partial charge in [-0.1, -0.05) is 13.8 Å². The van der Waals surface area contributed by atoms with Crippen LogP contribution in [0.15, 0.2) is 18.5 Å². The summed E-state index contributed by atoms with van der Waals surface area (Å²) in [6.45, 7) is 5.85. The molecular weight excluding hydrogens is 290 g/mol. The Labute approximate surface area is 127 Å². The molecule has 0 aromatic carbocycles. The number of hydrogen-bond donors (Lipinski definition) is 2. The monoisotopic (exact) mass is 309 g/mol. The number of aryl methyl sites for hydroxylation is 1. The number of pyridine rings is 1. The van der Waals surface area contributed by atoms with Gasteiger partial charge in [-0.3, -0.25) is 9.88 Å². The van der Waals surface area contributed by atoms with Crippen LogP contribution in [0.4, 0.5) is 10.5 Å². The van der Waals surface area contributed by atoms with E-state index in [1.165, 1.54) is 16.7 Å². The van der Waals surface area contributed by atoms with E-state index in [2.05, 4.69) is 10.3 Å². The lowest BCUT2D eigenvalue weighted by molar-refractivity contribution is -0.141. The van der Waals surface area contributed by atoms with Crippen molar-refractivity contribution >= 4 is 29.4 Å². The van der Waals surface area contributed by atoms with Crippen LogP contribution in [0, 0.1) is 12.8 Å². The molecule has 2 N–H and O–H groups in total. The number of amides is 2. The van der Waals surface area contributed by atoms with E-state index in [1.807, 2.05) is 20.8 Å². The third-order valence-corrected chi connectivity index (χ3v) is 4.87. The van der Waals surface area contributed by atoms with Crippen LogP contribution in [-0.2, 0) is 4.79 Å². The molecule has 0 spiro atoms. The van der Waals surface area contributed by atoms with Gasteiger partial charge >= 0.3 is 12.0 Å². The zero-order chi connectivity index (χ0) is 15.6. The summed E-state index contributed by atoms with van der Waals surface area (Å²) in [5.74, 6) is -0.374. The quantitative estimate of drug-likeness (QED) is 0.896. The fourth-order valence-corrected chi connectivity index (χ4v) is 3.77. The van der Waals surface area contributed by atoms with Crippen molar-refractivity contribution in [2.45, 2.75) is 32.2 Å². The van der Waals surface area contributed by atoms with Crippen LogP contribution >= 0.6 is 11.8 Å². The largest absolute Gasteiger partial charge is 0.480 e. The summed E-state index contributed by atoms with van der Waals surface area (Å²) in [6.07, 6.45) is 3.24. The van der Waals surface area contributed by atoms with Crippen molar-refractivity contribution in [3.8, 4) is 0 Å². The van der Waals surface area contributed by atoms with E-state index in [4.69, 9.17) is 0 Å². The molecule has 1 aromatic rings. The first-order chi connectivity index (χ1) is 9.90. The van der Waals surface area contributed by atoms with E-state index in [9.17, 15) is 14.7 Å². The second kappa shape index (κ2) is 6.34. The van der Waals surface area contributed by atoms with Crippen LogP contribution in [0.25, 0.3) is 0 Å². The number of rotatable bonds is 3. The molecule has 21 heavy (non-hydrogen) atoms. The smallest absolute Gasteiger partial charge is 0.327 e. The van der Waals surface area contributed by atoms with Crippen molar-refractivity contribution in [1.29, 1.82) is 0 Å². The van der Waals surface area contributed by atoms with E-state index in [0.29, 0.717) is 11.4 Å². The highest BCUT2D eigenvalue weighted by molar-refractivity contribution is 8.00. The van der Waals surface area contributed by atoms with Gasteiger partial charge in [-0.05, 0) is 24.5 Å². The van der Waals surface area contributed by atoms with E-state index >= 15 is 0 Å². The molecule has 7 heteroatoms. The molecule has 0 bridgehead atoms. The first-order valence-corrected chi connectivity index (χ1v) is 7.80. The fraction of sp³-hybridized carbons (Fsp3) is 0.500. The SMILES string of the molecule is Cc1cncc(NC(=O)N2C(C(=O)O)CSC2C(C)C)c1. The van der Waals surface area contributed by atoms with Gasteiger partial charge in [0.25, 0.3) is 0 Å². The van der Waals surface area contributed by atoms with Gasteiger partial charge in [0.05, 0.1) is 17.3 Å². The summed E-state index contributed by atoms with van der Waals surface area (Å²) in [6, 6.07) is 0.618. The van der Waals surface area contributed by atoms with Gasteiger partial charge in [-0.25, -0.2) is 9.59 Å². The normalized spacial score (nSPS) is 21.6. The summed E-state index contributed by atoms with van der Waals surface area (Å²) >= 11 is 1.51. The number of thioether (sulfide) groups is 1. The molecule has 1 aromatic heterocycles. The number of hydrogen-bond acceptors (Lipinski definition) is 4. The number of nitrogens with one attached hydrogen (secondary N) is 1. The molecule has 1 fully saturated rings. The second-order valence-corrected chi connectivity index (χ2v) is 6.56. The third-order valence-electron chi connectivity index (χ3n) is 3.25. The van der Waals surface area contributed by atoms with E-state index in [1.54, 1.807) is 18.5 Å². The number of aliphatic carboxylic acids is 1. The maximum atomic E-state index is 12.5. The number of nitrogens with zero attached hydrogens (tertiary/aromatic N) is 2. The van der Waals surface area contributed by atoms with Gasteiger partial charge in [0.2, 0.25) is 0 Å². The molecule has 2 rings (SSSR count). The number of urea groups is 1. The molecule has 2 unspecified atom stereocenters. The lowest BCUT2D eigenvalue weighted by Crippen LogP contribution is -2.49. The summed E-state index contributed by atoms with van der Waals surface area (Å²) in [4.78, 5) is 29.3. The number of aromatic nitrogens is 1. The predicted octanol–water partition coefficient (Wildman–Crippen LogP) is 2.41. The molecule has 2 heterocycles. The predicted molar refractivity (Wildman–Crippen MR) is 82.3 cm³/mol. The zero-order valence-corrected chi connectivity index (χ0v) is 13.1. The Balaban J connectivity index is 2.19. The maximum Gasteiger partial charge on any atom is 0.327 e. The van der Waals surface area contributed by atoms with Crippen molar-refractivity contribution in [2.24, 2.45) is 5.92 Å². The first kappa shape index (κ1) is 15.6. The Morgan fingerprint density at radius 2 is 2.19 bits per heavy atom. The minimum atomic E-state index is -0.969. The standard InChI is InChI=1S/C14H19N3O3S/c1-8(2)12-17(11(7-21-12)13(18)19)14(20)16-10-4-9(3)5-15-6-10/h4-6,8,11-12H,7H2,1-3H3,(H,16,20)(H,18,19). The molecule has 114 valence electrons. The molecule has 1 aliphatic rings. The molecule has 2 amide bonds. The highest BCUT2D eigenvalue weighted by Gasteiger charge is 2.42. The molecule has 6 nitrogen and oxygen atoms in total. The Kier molecular flexibility index (Phi) is 4.72. The lowest BCUT2D eigenvalue weighted by Gasteiger charge is -2.29.